The van der Waals surface area contributed by atoms with Crippen molar-refractivity contribution in [1.29, 1.82) is 0 Å². The quantitative estimate of drug-likeness (QED) is 0.676. The molecule has 3 rings (SSSR count). The van der Waals surface area contributed by atoms with Crippen LogP contribution in [0.2, 0.25) is 0 Å². The van der Waals surface area contributed by atoms with E-state index in [0.29, 0.717) is 25.4 Å². The average Bonchev–Trinajstić information content (AvgIpc) is 2.73. The van der Waals surface area contributed by atoms with Gasteiger partial charge >= 0.3 is 0 Å². The third-order valence-corrected chi connectivity index (χ3v) is 6.76. The predicted octanol–water partition coefficient (Wildman–Crippen LogP) is 2.59. The predicted molar refractivity (Wildman–Crippen MR) is 113 cm³/mol. The van der Waals surface area contributed by atoms with Gasteiger partial charge in [-0.2, -0.15) is 0 Å². The van der Waals surface area contributed by atoms with Gasteiger partial charge in [0.25, 0.3) is 0 Å². The van der Waals surface area contributed by atoms with Gasteiger partial charge in [0.05, 0.1) is 11.9 Å². The number of hydrogen-bond acceptors (Lipinski definition) is 4. The second kappa shape index (κ2) is 10.2. The minimum atomic E-state index is -3.25. The van der Waals surface area contributed by atoms with Gasteiger partial charge in [0, 0.05) is 13.1 Å². The summed E-state index contributed by atoms with van der Waals surface area (Å²) in [6, 6.07) is 19.4. The van der Waals surface area contributed by atoms with Crippen molar-refractivity contribution in [2.75, 3.05) is 31.9 Å². The molecule has 1 saturated heterocycles. The van der Waals surface area contributed by atoms with Gasteiger partial charge in [-0.3, -0.25) is 0 Å². The molecule has 0 saturated carbocycles. The highest BCUT2D eigenvalue weighted by Crippen LogP contribution is 2.20. The molecule has 5 nitrogen and oxygen atoms in total. The van der Waals surface area contributed by atoms with Crippen LogP contribution in [-0.4, -0.2) is 50.4 Å². The van der Waals surface area contributed by atoms with E-state index in [1.165, 1.54) is 0 Å². The smallest absolute Gasteiger partial charge is 0.211 e. The van der Waals surface area contributed by atoms with E-state index in [1.807, 2.05) is 60.7 Å². The summed E-state index contributed by atoms with van der Waals surface area (Å²) in [5.74, 6) is 0.482. The molecule has 6 heteroatoms. The first-order valence-electron chi connectivity index (χ1n) is 9.98. The van der Waals surface area contributed by atoms with Gasteiger partial charge in [-0.1, -0.05) is 60.7 Å². The summed E-state index contributed by atoms with van der Waals surface area (Å²) in [7, 11) is -3.25. The molecule has 152 valence electrons. The Balaban J connectivity index is 1.37. The number of nitrogens with one attached hydrogen (secondary N) is 1. The maximum absolute atomic E-state index is 12.3. The molecule has 1 aliphatic heterocycles. The van der Waals surface area contributed by atoms with Gasteiger partial charge in [-0.25, -0.2) is 13.1 Å². The molecule has 0 amide bonds. The SMILES string of the molecule is O=S(=O)(CCc1ccccc1)NCC1CCN(C[C@@H](O)c2ccccc2)CC1. The number of aryl methyl sites for hydroxylation is 1. The molecule has 1 fully saturated rings. The van der Waals surface area contributed by atoms with Crippen LogP contribution in [0.1, 0.15) is 30.1 Å². The zero-order chi connectivity index (χ0) is 19.8. The largest absolute Gasteiger partial charge is 0.387 e. The topological polar surface area (TPSA) is 69.6 Å². The van der Waals surface area contributed by atoms with E-state index in [1.54, 1.807) is 0 Å². The summed E-state index contributed by atoms with van der Waals surface area (Å²) in [5, 5.41) is 10.4. The summed E-state index contributed by atoms with van der Waals surface area (Å²) >= 11 is 0. The van der Waals surface area contributed by atoms with E-state index in [0.717, 1.165) is 37.1 Å². The molecule has 0 aliphatic carbocycles. The number of rotatable bonds is 9. The Kier molecular flexibility index (Phi) is 7.62. The van der Waals surface area contributed by atoms with Crippen molar-refractivity contribution in [2.45, 2.75) is 25.4 Å². The zero-order valence-corrected chi connectivity index (χ0v) is 17.0. The number of aliphatic hydroxyl groups is 1. The van der Waals surface area contributed by atoms with Crippen molar-refractivity contribution in [3.8, 4) is 0 Å². The maximum atomic E-state index is 12.3. The first-order valence-corrected chi connectivity index (χ1v) is 11.6. The van der Waals surface area contributed by atoms with Crippen LogP contribution in [-0.2, 0) is 16.4 Å². The standard InChI is InChI=1S/C22H30N2O3S/c25-22(21-9-5-2-6-10-21)18-24-14-11-20(12-15-24)17-23-28(26,27)16-13-19-7-3-1-4-8-19/h1-10,20,22-23,25H,11-18H2/t22-/m1/s1. The highest BCUT2D eigenvalue weighted by Gasteiger charge is 2.23. The van der Waals surface area contributed by atoms with Crippen LogP contribution in [0.3, 0.4) is 0 Å². The number of sulfonamides is 1. The summed E-state index contributed by atoms with van der Waals surface area (Å²) in [6.45, 7) is 2.91. The Bertz CT molecular complexity index is 804. The fraction of sp³-hybridized carbons (Fsp3) is 0.455. The van der Waals surface area contributed by atoms with Crippen molar-refractivity contribution in [2.24, 2.45) is 5.92 Å². The second-order valence-electron chi connectivity index (χ2n) is 7.57. The maximum Gasteiger partial charge on any atom is 0.211 e. The van der Waals surface area contributed by atoms with Crippen LogP contribution in [0.25, 0.3) is 0 Å². The zero-order valence-electron chi connectivity index (χ0n) is 16.2. The van der Waals surface area contributed by atoms with Crippen LogP contribution in [0, 0.1) is 5.92 Å². The molecule has 0 unspecified atom stereocenters. The van der Waals surface area contributed by atoms with E-state index in [9.17, 15) is 13.5 Å². The monoisotopic (exact) mass is 402 g/mol. The van der Waals surface area contributed by atoms with Crippen LogP contribution < -0.4 is 4.72 Å². The summed E-state index contributed by atoms with van der Waals surface area (Å²) in [4.78, 5) is 2.26. The van der Waals surface area contributed by atoms with E-state index >= 15 is 0 Å². The van der Waals surface area contributed by atoms with Crippen molar-refractivity contribution in [1.82, 2.24) is 9.62 Å². The molecule has 0 spiro atoms. The summed E-state index contributed by atoms with van der Waals surface area (Å²) in [6.07, 6.45) is 1.95. The summed E-state index contributed by atoms with van der Waals surface area (Å²) < 4.78 is 27.3. The van der Waals surface area contributed by atoms with Crippen LogP contribution in [0.15, 0.2) is 60.7 Å². The Labute approximate surface area is 168 Å². The third-order valence-electron chi connectivity index (χ3n) is 5.42. The normalized spacial score (nSPS) is 17.5. The number of likely N-dealkylation sites (tertiary alicyclic amines) is 1. The molecule has 2 aromatic carbocycles. The minimum Gasteiger partial charge on any atom is -0.387 e. The Morgan fingerprint density at radius 2 is 1.61 bits per heavy atom. The lowest BCUT2D eigenvalue weighted by molar-refractivity contribution is 0.0899. The molecule has 28 heavy (non-hydrogen) atoms. The lowest BCUT2D eigenvalue weighted by Crippen LogP contribution is -2.40. The second-order valence-corrected chi connectivity index (χ2v) is 9.50. The van der Waals surface area contributed by atoms with E-state index in [2.05, 4.69) is 9.62 Å². The molecule has 1 heterocycles. The molecule has 0 radical (unpaired) electrons. The van der Waals surface area contributed by atoms with Gasteiger partial charge in [0.1, 0.15) is 0 Å². The number of hydrogen-bond donors (Lipinski definition) is 2. The lowest BCUT2D eigenvalue weighted by atomic mass is 9.96. The number of benzene rings is 2. The fourth-order valence-corrected chi connectivity index (χ4v) is 4.75. The Morgan fingerprint density at radius 1 is 1.00 bits per heavy atom. The highest BCUT2D eigenvalue weighted by atomic mass is 32.2. The number of aliphatic hydroxyl groups excluding tert-OH is 1. The van der Waals surface area contributed by atoms with E-state index in [4.69, 9.17) is 0 Å². The molecule has 0 bridgehead atoms. The molecule has 2 aromatic rings. The van der Waals surface area contributed by atoms with Crippen molar-refractivity contribution >= 4 is 10.0 Å². The molecule has 0 aromatic heterocycles. The molecular formula is C22H30N2O3S. The van der Waals surface area contributed by atoms with Crippen molar-refractivity contribution < 1.29 is 13.5 Å². The average molecular weight is 403 g/mol. The molecular weight excluding hydrogens is 372 g/mol. The number of nitrogens with zero attached hydrogens (tertiary/aromatic N) is 1. The first kappa shape index (κ1) is 21.0. The first-order chi connectivity index (χ1) is 13.5. The number of piperidine rings is 1. The number of β-amino-alcohol motifs (C(OH)–C–C–N with tert-alkyl or cyclic N) is 1. The van der Waals surface area contributed by atoms with Gasteiger partial charge in [0.15, 0.2) is 0 Å². The molecule has 1 atom stereocenters. The van der Waals surface area contributed by atoms with Crippen molar-refractivity contribution in [3.05, 3.63) is 71.8 Å². The molecule has 1 aliphatic rings. The van der Waals surface area contributed by atoms with Gasteiger partial charge in [0.2, 0.25) is 10.0 Å². The fourth-order valence-electron chi connectivity index (χ4n) is 3.61. The minimum absolute atomic E-state index is 0.124. The lowest BCUT2D eigenvalue weighted by Gasteiger charge is -2.33. The van der Waals surface area contributed by atoms with Crippen molar-refractivity contribution in [3.63, 3.8) is 0 Å². The van der Waals surface area contributed by atoms with Gasteiger partial charge < -0.3 is 10.0 Å². The van der Waals surface area contributed by atoms with Crippen LogP contribution in [0.5, 0.6) is 0 Å². The van der Waals surface area contributed by atoms with E-state index < -0.39 is 16.1 Å². The third kappa shape index (κ3) is 6.71. The van der Waals surface area contributed by atoms with E-state index in [-0.39, 0.29) is 5.75 Å². The van der Waals surface area contributed by atoms with Crippen LogP contribution >= 0.6 is 0 Å². The van der Waals surface area contributed by atoms with Gasteiger partial charge in [-0.05, 0) is 49.4 Å². The van der Waals surface area contributed by atoms with Gasteiger partial charge in [-0.15, -0.1) is 0 Å². The Hall–Kier alpha value is -1.73. The summed E-state index contributed by atoms with van der Waals surface area (Å²) in [5.41, 5.74) is 1.98. The van der Waals surface area contributed by atoms with Crippen LogP contribution in [0.4, 0.5) is 0 Å². The molecule has 2 N–H and O–H groups in total. The Morgan fingerprint density at radius 3 is 2.25 bits per heavy atom. The highest BCUT2D eigenvalue weighted by molar-refractivity contribution is 7.89.